The minimum atomic E-state index is -1.78. The minimum Gasteiger partial charge on any atom is -0.459 e. The predicted molar refractivity (Wildman–Crippen MR) is 154 cm³/mol. The fourth-order valence-corrected chi connectivity index (χ4v) is 5.12. The summed E-state index contributed by atoms with van der Waals surface area (Å²) in [6, 6.07) is 26.8. The maximum absolute atomic E-state index is 13.6. The van der Waals surface area contributed by atoms with E-state index < -0.39 is 35.8 Å². The fourth-order valence-electron chi connectivity index (χ4n) is 4.93. The average Bonchev–Trinajstić information content (AvgIpc) is 3.64. The Hall–Kier alpha value is -5.06. The summed E-state index contributed by atoms with van der Waals surface area (Å²) in [5.41, 5.74) is -0.603. The van der Waals surface area contributed by atoms with Crippen LogP contribution < -0.4 is 0 Å². The molecule has 0 radical (unpaired) electrons. The van der Waals surface area contributed by atoms with Crippen LogP contribution in [0.3, 0.4) is 0 Å². The first kappa shape index (κ1) is 28.1. The van der Waals surface area contributed by atoms with Crippen molar-refractivity contribution in [2.75, 3.05) is 13.2 Å². The lowest BCUT2D eigenvalue weighted by molar-refractivity contribution is -0.125. The highest BCUT2D eigenvalue weighted by Gasteiger charge is 2.58. The molecule has 0 spiro atoms. The Morgan fingerprint density at radius 3 is 2.02 bits per heavy atom. The minimum absolute atomic E-state index is 0.179. The van der Waals surface area contributed by atoms with Gasteiger partial charge in [0.1, 0.15) is 36.4 Å². The molecule has 3 aromatic carbocycles. The topological polar surface area (TPSA) is 119 Å². The highest BCUT2D eigenvalue weighted by atomic mass is 35.5. The Labute approximate surface area is 250 Å². The number of ether oxygens (including phenoxy) is 4. The van der Waals surface area contributed by atoms with Gasteiger partial charge in [0.2, 0.25) is 0 Å². The van der Waals surface area contributed by atoms with Crippen molar-refractivity contribution in [2.45, 2.75) is 17.9 Å². The van der Waals surface area contributed by atoms with Crippen LogP contribution in [0.5, 0.6) is 0 Å². The normalized spacial score (nSPS) is 19.6. The van der Waals surface area contributed by atoms with Crippen molar-refractivity contribution in [1.29, 1.82) is 0 Å². The zero-order valence-corrected chi connectivity index (χ0v) is 23.3. The van der Waals surface area contributed by atoms with E-state index >= 15 is 0 Å². The van der Waals surface area contributed by atoms with Gasteiger partial charge in [0.05, 0.1) is 22.1 Å². The number of fused-ring (bicyclic) bond motifs is 1. The van der Waals surface area contributed by atoms with Crippen LogP contribution in [-0.4, -0.2) is 57.9 Å². The lowest BCUT2D eigenvalue weighted by atomic mass is 10.0. The Kier molecular flexibility index (Phi) is 7.86. The zero-order chi connectivity index (χ0) is 29.8. The second-order valence-electron chi connectivity index (χ2n) is 9.69. The molecule has 11 heteroatoms. The van der Waals surface area contributed by atoms with Gasteiger partial charge in [0, 0.05) is 6.20 Å². The van der Waals surface area contributed by atoms with Crippen LogP contribution in [0, 0.1) is 0 Å². The van der Waals surface area contributed by atoms with Crippen LogP contribution in [0.1, 0.15) is 31.1 Å². The van der Waals surface area contributed by atoms with Crippen molar-refractivity contribution < 1.29 is 33.3 Å². The lowest BCUT2D eigenvalue weighted by Crippen LogP contribution is -2.52. The Morgan fingerprint density at radius 1 is 0.814 bits per heavy atom. The molecule has 0 unspecified atom stereocenters. The van der Waals surface area contributed by atoms with Crippen molar-refractivity contribution in [3.05, 3.63) is 131 Å². The number of carbonyl (C=O) groups is 3. The average molecular weight is 598 g/mol. The molecule has 3 heterocycles. The number of hydrogen-bond donors (Lipinski definition) is 0. The van der Waals surface area contributed by atoms with Crippen LogP contribution in [0.4, 0.5) is 0 Å². The SMILES string of the molecule is O=C(OC[C@H]1OC[C@@](OC(=O)c2ccccc2)(n2ccc3c(Cl)ncnc32)[C@@H]1OC(=O)c1ccccc1)c1ccccc1. The van der Waals surface area contributed by atoms with Gasteiger partial charge in [-0.1, -0.05) is 66.2 Å². The van der Waals surface area contributed by atoms with Crippen molar-refractivity contribution in [1.82, 2.24) is 14.5 Å². The molecule has 5 aromatic rings. The molecular formula is C32H24ClN3O7. The summed E-state index contributed by atoms with van der Waals surface area (Å²) in [5.74, 6) is -1.99. The van der Waals surface area contributed by atoms with Crippen LogP contribution >= 0.6 is 11.6 Å². The molecule has 216 valence electrons. The monoisotopic (exact) mass is 597 g/mol. The molecule has 43 heavy (non-hydrogen) atoms. The van der Waals surface area contributed by atoms with Gasteiger partial charge < -0.3 is 18.9 Å². The predicted octanol–water partition coefficient (Wildman–Crippen LogP) is 5.08. The third kappa shape index (κ3) is 5.57. The second kappa shape index (κ2) is 12.0. The molecule has 1 fully saturated rings. The molecule has 3 atom stereocenters. The molecular weight excluding hydrogens is 574 g/mol. The lowest BCUT2D eigenvalue weighted by Gasteiger charge is -2.35. The van der Waals surface area contributed by atoms with Gasteiger partial charge in [0.25, 0.3) is 5.72 Å². The zero-order valence-electron chi connectivity index (χ0n) is 22.5. The smallest absolute Gasteiger partial charge is 0.340 e. The highest BCUT2D eigenvalue weighted by molar-refractivity contribution is 6.33. The maximum Gasteiger partial charge on any atom is 0.340 e. The van der Waals surface area contributed by atoms with Gasteiger partial charge in [-0.25, -0.2) is 24.4 Å². The molecule has 0 amide bonds. The molecule has 1 aliphatic rings. The third-order valence-electron chi connectivity index (χ3n) is 7.04. The van der Waals surface area contributed by atoms with Gasteiger partial charge in [0.15, 0.2) is 6.10 Å². The first-order valence-electron chi connectivity index (χ1n) is 13.3. The summed E-state index contributed by atoms with van der Waals surface area (Å²) in [4.78, 5) is 48.3. The summed E-state index contributed by atoms with van der Waals surface area (Å²) in [6.07, 6.45) is 0.557. The van der Waals surface area contributed by atoms with E-state index in [9.17, 15) is 14.4 Å². The van der Waals surface area contributed by atoms with Crippen molar-refractivity contribution in [3.8, 4) is 0 Å². The van der Waals surface area contributed by atoms with Crippen LogP contribution in [-0.2, 0) is 24.7 Å². The number of rotatable bonds is 8. The van der Waals surface area contributed by atoms with E-state index in [-0.39, 0.29) is 29.5 Å². The van der Waals surface area contributed by atoms with E-state index in [1.54, 1.807) is 108 Å². The maximum atomic E-state index is 13.6. The molecule has 6 rings (SSSR count). The number of esters is 3. The van der Waals surface area contributed by atoms with E-state index in [2.05, 4.69) is 9.97 Å². The van der Waals surface area contributed by atoms with Crippen LogP contribution in [0.15, 0.2) is 110 Å². The molecule has 0 saturated carbocycles. The largest absolute Gasteiger partial charge is 0.459 e. The molecule has 0 aliphatic carbocycles. The van der Waals surface area contributed by atoms with E-state index in [0.29, 0.717) is 16.6 Å². The Bertz CT molecular complexity index is 1770. The summed E-state index contributed by atoms with van der Waals surface area (Å²) >= 11 is 6.35. The standard InChI is InChI=1S/C32H24ClN3O7/c33-27-24-16-17-36(28(24)35-20-34-27)32(43-31(39)23-14-8-3-9-15-23)19-41-25(18-40-29(37)21-10-4-1-5-11-21)26(32)42-30(38)22-12-6-2-7-13-22/h1-17,20,25-26H,18-19H2/t25-,26-,32+/m1/s1. The summed E-state index contributed by atoms with van der Waals surface area (Å²) in [5, 5.41) is 0.657. The van der Waals surface area contributed by atoms with E-state index in [1.165, 1.54) is 6.33 Å². The summed E-state index contributed by atoms with van der Waals surface area (Å²) in [6.45, 7) is -0.572. The molecule has 1 saturated heterocycles. The van der Waals surface area contributed by atoms with Gasteiger partial charge in [-0.3, -0.25) is 4.57 Å². The summed E-state index contributed by atoms with van der Waals surface area (Å²) in [7, 11) is 0. The molecule has 2 aromatic heterocycles. The van der Waals surface area contributed by atoms with Crippen LogP contribution in [0.25, 0.3) is 11.0 Å². The number of nitrogens with zero attached hydrogens (tertiary/aromatic N) is 3. The van der Waals surface area contributed by atoms with E-state index in [0.717, 1.165) is 0 Å². The Morgan fingerprint density at radius 2 is 1.40 bits per heavy atom. The summed E-state index contributed by atoms with van der Waals surface area (Å²) < 4.78 is 25.5. The fraction of sp³-hybridized carbons (Fsp3) is 0.156. The highest BCUT2D eigenvalue weighted by Crippen LogP contribution is 2.40. The molecule has 1 aliphatic heterocycles. The van der Waals surface area contributed by atoms with Gasteiger partial charge in [-0.05, 0) is 42.5 Å². The third-order valence-corrected chi connectivity index (χ3v) is 7.34. The number of hydrogen-bond acceptors (Lipinski definition) is 9. The van der Waals surface area contributed by atoms with Crippen LogP contribution in [0.2, 0.25) is 5.15 Å². The molecule has 0 bridgehead atoms. The van der Waals surface area contributed by atoms with Crippen molar-refractivity contribution in [3.63, 3.8) is 0 Å². The van der Waals surface area contributed by atoms with Gasteiger partial charge in [-0.15, -0.1) is 0 Å². The quantitative estimate of drug-likeness (QED) is 0.137. The number of benzene rings is 3. The number of halogens is 1. The number of aromatic nitrogens is 3. The first-order valence-corrected chi connectivity index (χ1v) is 13.7. The van der Waals surface area contributed by atoms with E-state index in [4.69, 9.17) is 30.5 Å². The van der Waals surface area contributed by atoms with Crippen molar-refractivity contribution >= 4 is 40.5 Å². The van der Waals surface area contributed by atoms with Gasteiger partial charge in [-0.2, -0.15) is 0 Å². The molecule has 10 nitrogen and oxygen atoms in total. The number of carbonyl (C=O) groups excluding carboxylic acids is 3. The Balaban J connectivity index is 1.42. The van der Waals surface area contributed by atoms with Crippen molar-refractivity contribution in [2.24, 2.45) is 0 Å². The molecule has 0 N–H and O–H groups in total. The van der Waals surface area contributed by atoms with E-state index in [1.807, 2.05) is 0 Å². The second-order valence-corrected chi connectivity index (χ2v) is 10.1. The van der Waals surface area contributed by atoms with Gasteiger partial charge >= 0.3 is 17.9 Å². The first-order chi connectivity index (χ1) is 21.0.